The molecule has 0 saturated carbocycles. The summed E-state index contributed by atoms with van der Waals surface area (Å²) >= 11 is 0. The number of rotatable bonds is 1. The molecule has 5 heteroatoms. The van der Waals surface area contributed by atoms with Gasteiger partial charge in [-0.2, -0.15) is 0 Å². The third kappa shape index (κ3) is 1.46. The molecule has 13 heavy (non-hydrogen) atoms. The average molecular weight is 182 g/mol. The Balaban J connectivity index is 2.49. The van der Waals surface area contributed by atoms with Gasteiger partial charge in [0.15, 0.2) is 0 Å². The van der Waals surface area contributed by atoms with Crippen LogP contribution in [-0.4, -0.2) is 17.2 Å². The van der Waals surface area contributed by atoms with E-state index >= 15 is 0 Å². The summed E-state index contributed by atoms with van der Waals surface area (Å²) in [6.45, 7) is 0.607. The van der Waals surface area contributed by atoms with Crippen LogP contribution in [0.15, 0.2) is 12.1 Å². The normalized spacial score (nSPS) is 14.4. The van der Waals surface area contributed by atoms with Gasteiger partial charge in [0.1, 0.15) is 5.82 Å². The zero-order valence-corrected chi connectivity index (χ0v) is 6.83. The van der Waals surface area contributed by atoms with Crippen molar-refractivity contribution in [3.8, 4) is 0 Å². The van der Waals surface area contributed by atoms with E-state index in [1.807, 2.05) is 0 Å². The van der Waals surface area contributed by atoms with Crippen LogP contribution in [0.4, 0.5) is 4.39 Å². The zero-order chi connectivity index (χ0) is 9.42. The topological polar surface area (TPSA) is 49.7 Å². The Bertz CT molecular complexity index is 340. The maximum atomic E-state index is 13.2. The summed E-state index contributed by atoms with van der Waals surface area (Å²) in [5, 5.41) is 17.7. The van der Waals surface area contributed by atoms with Crippen LogP contribution in [0, 0.1) is 5.82 Å². The first-order chi connectivity index (χ1) is 6.18. The van der Waals surface area contributed by atoms with Crippen LogP contribution < -0.4 is 5.46 Å². The summed E-state index contributed by atoms with van der Waals surface area (Å²) in [7, 11) is -1.62. The van der Waals surface area contributed by atoms with Gasteiger partial charge in [0.2, 0.25) is 0 Å². The molecule has 3 nitrogen and oxygen atoms in total. The second-order valence-corrected chi connectivity index (χ2v) is 3.01. The Morgan fingerprint density at radius 2 is 2.08 bits per heavy atom. The van der Waals surface area contributed by atoms with Crippen LogP contribution in [0.1, 0.15) is 11.1 Å². The smallest absolute Gasteiger partial charge is 0.423 e. The van der Waals surface area contributed by atoms with Crippen LogP contribution >= 0.6 is 0 Å². The van der Waals surface area contributed by atoms with E-state index in [-0.39, 0.29) is 12.1 Å². The zero-order valence-electron chi connectivity index (χ0n) is 6.83. The van der Waals surface area contributed by atoms with Crippen molar-refractivity contribution in [3.63, 3.8) is 0 Å². The van der Waals surface area contributed by atoms with E-state index < -0.39 is 12.9 Å². The van der Waals surface area contributed by atoms with Gasteiger partial charge in [-0.25, -0.2) is 4.39 Å². The maximum Gasteiger partial charge on any atom is 0.488 e. The van der Waals surface area contributed by atoms with Crippen LogP contribution in [-0.2, 0) is 18.0 Å². The number of fused-ring (bicyclic) bond motifs is 1. The van der Waals surface area contributed by atoms with Gasteiger partial charge in [-0.15, -0.1) is 0 Å². The van der Waals surface area contributed by atoms with Crippen LogP contribution in [0.3, 0.4) is 0 Å². The average Bonchev–Trinajstić information content (AvgIpc) is 2.51. The summed E-state index contributed by atoms with van der Waals surface area (Å²) < 4.78 is 18.2. The monoisotopic (exact) mass is 182 g/mol. The van der Waals surface area contributed by atoms with Gasteiger partial charge in [0.25, 0.3) is 0 Å². The largest absolute Gasteiger partial charge is 0.488 e. The Labute approximate surface area is 74.9 Å². The lowest BCUT2D eigenvalue weighted by atomic mass is 9.79. The molecular weight excluding hydrogens is 174 g/mol. The summed E-state index contributed by atoms with van der Waals surface area (Å²) in [6.07, 6.45) is 0. The van der Waals surface area contributed by atoms with Gasteiger partial charge >= 0.3 is 7.12 Å². The van der Waals surface area contributed by atoms with Crippen LogP contribution in [0.2, 0.25) is 0 Å². The number of ether oxygens (including phenoxy) is 1. The lowest BCUT2D eigenvalue weighted by molar-refractivity contribution is 0.133. The van der Waals surface area contributed by atoms with Gasteiger partial charge in [0, 0.05) is 5.56 Å². The van der Waals surface area contributed by atoms with Crippen molar-refractivity contribution in [2.45, 2.75) is 13.2 Å². The van der Waals surface area contributed by atoms with E-state index in [1.165, 1.54) is 0 Å². The predicted octanol–water partition coefficient (Wildman–Crippen LogP) is -0.464. The second-order valence-electron chi connectivity index (χ2n) is 3.01. The number of hydrogen-bond acceptors (Lipinski definition) is 3. The van der Waals surface area contributed by atoms with Crippen molar-refractivity contribution in [2.75, 3.05) is 0 Å². The molecule has 0 radical (unpaired) electrons. The number of hydrogen-bond donors (Lipinski definition) is 2. The molecule has 0 atom stereocenters. The Kier molecular flexibility index (Phi) is 2.07. The molecule has 1 aromatic carbocycles. The fourth-order valence-electron chi connectivity index (χ4n) is 1.42. The minimum atomic E-state index is -1.62. The quantitative estimate of drug-likeness (QED) is 0.577. The van der Waals surface area contributed by atoms with E-state index in [4.69, 9.17) is 14.8 Å². The van der Waals surface area contributed by atoms with Gasteiger partial charge in [-0.3, -0.25) is 0 Å². The molecule has 2 N–H and O–H groups in total. The number of benzene rings is 1. The molecular formula is C8H8BFO3. The summed E-state index contributed by atoms with van der Waals surface area (Å²) in [5.74, 6) is -0.432. The molecule has 1 aromatic rings. The van der Waals surface area contributed by atoms with E-state index in [2.05, 4.69) is 0 Å². The SMILES string of the molecule is OB(O)c1cc(F)c2c(c1)COC2. The lowest BCUT2D eigenvalue weighted by Gasteiger charge is -2.03. The van der Waals surface area contributed by atoms with Crippen molar-refractivity contribution >= 4 is 12.6 Å². The summed E-state index contributed by atoms with van der Waals surface area (Å²) in [5.41, 5.74) is 1.38. The van der Waals surface area contributed by atoms with Crippen molar-refractivity contribution in [1.82, 2.24) is 0 Å². The molecule has 68 valence electrons. The molecule has 0 saturated heterocycles. The molecule has 0 bridgehead atoms. The van der Waals surface area contributed by atoms with Gasteiger partial charge < -0.3 is 14.8 Å². The van der Waals surface area contributed by atoms with E-state index in [0.29, 0.717) is 17.7 Å². The Hall–Kier alpha value is -0.905. The molecule has 0 aliphatic carbocycles. The highest BCUT2D eigenvalue weighted by Crippen LogP contribution is 2.21. The molecule has 1 aliphatic heterocycles. The van der Waals surface area contributed by atoms with Crippen molar-refractivity contribution in [3.05, 3.63) is 29.1 Å². The molecule has 2 rings (SSSR count). The molecule has 1 heterocycles. The highest BCUT2D eigenvalue weighted by atomic mass is 19.1. The first-order valence-electron chi connectivity index (χ1n) is 3.93. The van der Waals surface area contributed by atoms with E-state index in [0.717, 1.165) is 6.07 Å². The first-order valence-corrected chi connectivity index (χ1v) is 3.93. The molecule has 0 fully saturated rings. The molecule has 1 aliphatic rings. The maximum absolute atomic E-state index is 13.2. The standard InChI is InChI=1S/C8H8BFO3/c10-8-2-6(9(11)12)1-5-3-13-4-7(5)8/h1-2,11-12H,3-4H2. The third-order valence-corrected chi connectivity index (χ3v) is 2.11. The molecule has 0 aromatic heterocycles. The van der Waals surface area contributed by atoms with E-state index in [1.54, 1.807) is 6.07 Å². The first kappa shape index (κ1) is 8.68. The van der Waals surface area contributed by atoms with Gasteiger partial charge in [0.05, 0.1) is 13.2 Å². The van der Waals surface area contributed by atoms with Crippen LogP contribution in [0.5, 0.6) is 0 Å². The number of halogens is 1. The van der Waals surface area contributed by atoms with Crippen molar-refractivity contribution < 1.29 is 19.2 Å². The molecule has 0 unspecified atom stereocenters. The predicted molar refractivity (Wildman–Crippen MR) is 44.7 cm³/mol. The minimum absolute atomic E-state index is 0.168. The highest BCUT2D eigenvalue weighted by Gasteiger charge is 2.20. The van der Waals surface area contributed by atoms with E-state index in [9.17, 15) is 4.39 Å². The van der Waals surface area contributed by atoms with Crippen LogP contribution in [0.25, 0.3) is 0 Å². The van der Waals surface area contributed by atoms with Gasteiger partial charge in [-0.1, -0.05) is 6.07 Å². The van der Waals surface area contributed by atoms with Crippen molar-refractivity contribution in [1.29, 1.82) is 0 Å². The Morgan fingerprint density at radius 1 is 1.31 bits per heavy atom. The molecule has 0 spiro atoms. The van der Waals surface area contributed by atoms with Gasteiger partial charge in [-0.05, 0) is 17.1 Å². The lowest BCUT2D eigenvalue weighted by Crippen LogP contribution is -2.30. The summed E-state index contributed by atoms with van der Waals surface area (Å²) in [6, 6.07) is 2.67. The third-order valence-electron chi connectivity index (χ3n) is 2.11. The highest BCUT2D eigenvalue weighted by molar-refractivity contribution is 6.58. The van der Waals surface area contributed by atoms with Crippen molar-refractivity contribution in [2.24, 2.45) is 0 Å². The second kappa shape index (κ2) is 3.10. The Morgan fingerprint density at radius 3 is 2.77 bits per heavy atom. The molecule has 0 amide bonds. The fraction of sp³-hybridized carbons (Fsp3) is 0.250. The minimum Gasteiger partial charge on any atom is -0.423 e. The summed E-state index contributed by atoms with van der Waals surface area (Å²) in [4.78, 5) is 0. The fourth-order valence-corrected chi connectivity index (χ4v) is 1.42.